The van der Waals surface area contributed by atoms with E-state index in [1.165, 1.54) is 12.0 Å². The number of carbonyl (C=O) groups excluding carboxylic acids is 2. The molecule has 0 aliphatic carbocycles. The number of esters is 1. The highest BCUT2D eigenvalue weighted by Crippen LogP contribution is 2.30. The molecule has 2 amide bonds. The van der Waals surface area contributed by atoms with E-state index in [1.807, 2.05) is 6.92 Å². The van der Waals surface area contributed by atoms with Gasteiger partial charge in [-0.25, -0.2) is 9.59 Å². The lowest BCUT2D eigenvalue weighted by Crippen LogP contribution is -2.37. The van der Waals surface area contributed by atoms with Crippen LogP contribution in [-0.2, 0) is 9.53 Å². The molecule has 1 heterocycles. The molecule has 0 saturated carbocycles. The van der Waals surface area contributed by atoms with Crippen molar-refractivity contribution in [1.29, 1.82) is 0 Å². The lowest BCUT2D eigenvalue weighted by atomic mass is 9.90. The average Bonchev–Trinajstić information content (AvgIpc) is 2.92. The van der Waals surface area contributed by atoms with Crippen LogP contribution in [-0.4, -0.2) is 48.2 Å². The molecule has 124 valence electrons. The molecule has 1 aliphatic heterocycles. The van der Waals surface area contributed by atoms with Crippen LogP contribution < -0.4 is 5.32 Å². The first kappa shape index (κ1) is 16.8. The van der Waals surface area contributed by atoms with Crippen molar-refractivity contribution < 1.29 is 24.2 Å². The van der Waals surface area contributed by atoms with Crippen molar-refractivity contribution in [3.05, 3.63) is 29.3 Å². The van der Waals surface area contributed by atoms with Crippen molar-refractivity contribution in [2.75, 3.05) is 25.5 Å². The van der Waals surface area contributed by atoms with Gasteiger partial charge in [0.05, 0.1) is 18.1 Å². The van der Waals surface area contributed by atoms with Crippen molar-refractivity contribution >= 4 is 23.7 Å². The Morgan fingerprint density at radius 2 is 2.04 bits per heavy atom. The summed E-state index contributed by atoms with van der Waals surface area (Å²) >= 11 is 0. The number of aryl methyl sites for hydroxylation is 1. The van der Waals surface area contributed by atoms with Gasteiger partial charge in [-0.3, -0.25) is 4.79 Å². The van der Waals surface area contributed by atoms with Crippen molar-refractivity contribution in [1.82, 2.24) is 4.90 Å². The zero-order valence-corrected chi connectivity index (χ0v) is 13.4. The van der Waals surface area contributed by atoms with Crippen LogP contribution in [0.3, 0.4) is 0 Å². The molecule has 0 bridgehead atoms. The fourth-order valence-electron chi connectivity index (χ4n) is 2.50. The Balaban J connectivity index is 2.12. The van der Waals surface area contributed by atoms with E-state index in [1.54, 1.807) is 25.1 Å². The number of amides is 2. The standard InChI is InChI=1S/C16H20N2O5/c1-10-4-5-11(13(19)23-3)8-12(10)17-15(22)18-7-6-16(2,9-18)14(20)21/h4-5,8H,6-7,9H2,1-3H3,(H,17,22)(H,20,21). The van der Waals surface area contributed by atoms with Crippen molar-refractivity contribution in [3.8, 4) is 0 Å². The van der Waals surface area contributed by atoms with Gasteiger partial charge in [-0.2, -0.15) is 0 Å². The summed E-state index contributed by atoms with van der Waals surface area (Å²) in [7, 11) is 1.29. The quantitative estimate of drug-likeness (QED) is 0.832. The number of methoxy groups -OCH3 is 1. The molecular formula is C16H20N2O5. The molecule has 1 atom stereocenters. The van der Waals surface area contributed by atoms with E-state index in [2.05, 4.69) is 10.1 Å². The summed E-state index contributed by atoms with van der Waals surface area (Å²) in [6.45, 7) is 3.97. The van der Waals surface area contributed by atoms with Crippen LogP contribution in [0.15, 0.2) is 18.2 Å². The van der Waals surface area contributed by atoms with Gasteiger partial charge in [0.1, 0.15) is 0 Å². The summed E-state index contributed by atoms with van der Waals surface area (Å²) in [6, 6.07) is 4.51. The summed E-state index contributed by atoms with van der Waals surface area (Å²) in [4.78, 5) is 36.6. The van der Waals surface area contributed by atoms with Gasteiger partial charge in [0.2, 0.25) is 0 Å². The zero-order chi connectivity index (χ0) is 17.2. The smallest absolute Gasteiger partial charge is 0.337 e. The summed E-state index contributed by atoms with van der Waals surface area (Å²) in [6.07, 6.45) is 0.414. The molecule has 0 radical (unpaired) electrons. The van der Waals surface area contributed by atoms with Gasteiger partial charge in [0, 0.05) is 18.8 Å². The van der Waals surface area contributed by atoms with Crippen LogP contribution in [0.4, 0.5) is 10.5 Å². The van der Waals surface area contributed by atoms with Gasteiger partial charge >= 0.3 is 18.0 Å². The number of carbonyl (C=O) groups is 3. The first-order valence-corrected chi connectivity index (χ1v) is 7.25. The highest BCUT2D eigenvalue weighted by Gasteiger charge is 2.42. The largest absolute Gasteiger partial charge is 0.481 e. The lowest BCUT2D eigenvalue weighted by molar-refractivity contribution is -0.146. The number of aliphatic carboxylic acids is 1. The fourth-order valence-corrected chi connectivity index (χ4v) is 2.50. The Bertz CT molecular complexity index is 658. The third kappa shape index (κ3) is 3.44. The maximum absolute atomic E-state index is 12.3. The number of anilines is 1. The highest BCUT2D eigenvalue weighted by atomic mass is 16.5. The topological polar surface area (TPSA) is 95.9 Å². The van der Waals surface area contributed by atoms with E-state index in [9.17, 15) is 19.5 Å². The summed E-state index contributed by atoms with van der Waals surface area (Å²) in [5.74, 6) is -1.39. The third-order valence-electron chi connectivity index (χ3n) is 4.18. The predicted octanol–water partition coefficient (Wildman–Crippen LogP) is 2.11. The van der Waals surface area contributed by atoms with Crippen LogP contribution in [0.2, 0.25) is 0 Å². The number of ether oxygens (including phenoxy) is 1. The number of rotatable bonds is 3. The van der Waals surface area contributed by atoms with E-state index < -0.39 is 17.4 Å². The second-order valence-electron chi connectivity index (χ2n) is 5.99. The Kier molecular flexibility index (Phi) is 4.58. The van der Waals surface area contributed by atoms with Gasteiger partial charge in [0.25, 0.3) is 0 Å². The first-order chi connectivity index (χ1) is 10.8. The first-order valence-electron chi connectivity index (χ1n) is 7.25. The maximum atomic E-state index is 12.3. The molecule has 2 rings (SSSR count). The highest BCUT2D eigenvalue weighted by molar-refractivity contribution is 5.95. The number of nitrogens with one attached hydrogen (secondary N) is 1. The molecule has 1 aromatic rings. The molecule has 7 nitrogen and oxygen atoms in total. The van der Waals surface area contributed by atoms with Gasteiger partial charge in [-0.15, -0.1) is 0 Å². The van der Waals surface area contributed by atoms with E-state index in [-0.39, 0.29) is 12.6 Å². The molecule has 0 aromatic heterocycles. The Hall–Kier alpha value is -2.57. The number of carboxylic acids is 1. The van der Waals surface area contributed by atoms with E-state index in [0.717, 1.165) is 5.56 Å². The molecule has 7 heteroatoms. The van der Waals surface area contributed by atoms with Crippen molar-refractivity contribution in [2.45, 2.75) is 20.3 Å². The molecule has 1 saturated heterocycles. The predicted molar refractivity (Wildman–Crippen MR) is 83.5 cm³/mol. The Labute approximate surface area is 134 Å². The van der Waals surface area contributed by atoms with Gasteiger partial charge in [-0.1, -0.05) is 6.07 Å². The van der Waals surface area contributed by atoms with Gasteiger partial charge in [-0.05, 0) is 38.0 Å². The zero-order valence-electron chi connectivity index (χ0n) is 13.4. The number of hydrogen-bond donors (Lipinski definition) is 2. The second kappa shape index (κ2) is 6.28. The number of nitrogens with zero attached hydrogens (tertiary/aromatic N) is 1. The van der Waals surface area contributed by atoms with Crippen molar-refractivity contribution in [3.63, 3.8) is 0 Å². The maximum Gasteiger partial charge on any atom is 0.337 e. The number of benzene rings is 1. The number of urea groups is 1. The molecule has 1 unspecified atom stereocenters. The third-order valence-corrected chi connectivity index (χ3v) is 4.18. The van der Waals surface area contributed by atoms with Crippen LogP contribution in [0.5, 0.6) is 0 Å². The van der Waals surface area contributed by atoms with Crippen LogP contribution >= 0.6 is 0 Å². The molecular weight excluding hydrogens is 300 g/mol. The van der Waals surface area contributed by atoms with E-state index >= 15 is 0 Å². The molecule has 0 spiro atoms. The Morgan fingerprint density at radius 1 is 1.35 bits per heavy atom. The number of hydrogen-bond acceptors (Lipinski definition) is 4. The van der Waals surface area contributed by atoms with Gasteiger partial charge < -0.3 is 20.1 Å². The SMILES string of the molecule is COC(=O)c1ccc(C)c(NC(=O)N2CCC(C)(C(=O)O)C2)c1. The molecule has 23 heavy (non-hydrogen) atoms. The van der Waals surface area contributed by atoms with E-state index in [4.69, 9.17) is 0 Å². The van der Waals surface area contributed by atoms with E-state index in [0.29, 0.717) is 24.2 Å². The second-order valence-corrected chi connectivity index (χ2v) is 5.99. The lowest BCUT2D eigenvalue weighted by Gasteiger charge is -2.21. The minimum Gasteiger partial charge on any atom is -0.481 e. The van der Waals surface area contributed by atoms with Crippen LogP contribution in [0.1, 0.15) is 29.3 Å². The summed E-state index contributed by atoms with van der Waals surface area (Å²) in [5.41, 5.74) is 0.721. The monoisotopic (exact) mass is 320 g/mol. The molecule has 2 N–H and O–H groups in total. The Morgan fingerprint density at radius 3 is 2.61 bits per heavy atom. The minimum absolute atomic E-state index is 0.157. The number of carboxylic acid groups (broad SMARTS) is 1. The normalized spacial score (nSPS) is 20.2. The minimum atomic E-state index is -0.916. The summed E-state index contributed by atoms with van der Waals surface area (Å²) in [5, 5.41) is 12.0. The molecule has 1 aliphatic rings. The summed E-state index contributed by atoms with van der Waals surface area (Å²) < 4.78 is 4.66. The van der Waals surface area contributed by atoms with Crippen LogP contribution in [0.25, 0.3) is 0 Å². The number of likely N-dealkylation sites (tertiary alicyclic amines) is 1. The fraction of sp³-hybridized carbons (Fsp3) is 0.438. The van der Waals surface area contributed by atoms with Crippen molar-refractivity contribution in [2.24, 2.45) is 5.41 Å². The van der Waals surface area contributed by atoms with Gasteiger partial charge in [0.15, 0.2) is 0 Å². The molecule has 1 aromatic carbocycles. The molecule has 1 fully saturated rings. The van der Waals surface area contributed by atoms with Crippen LogP contribution in [0, 0.1) is 12.3 Å². The average molecular weight is 320 g/mol.